The molecule has 0 spiro atoms. The molecule has 0 bridgehead atoms. The molecule has 1 atom stereocenters. The molecule has 2 heterocycles. The van der Waals surface area contributed by atoms with E-state index in [1.807, 2.05) is 18.2 Å². The third-order valence-electron chi connectivity index (χ3n) is 4.00. The molecule has 0 aromatic carbocycles. The lowest BCUT2D eigenvalue weighted by Crippen LogP contribution is -2.32. The summed E-state index contributed by atoms with van der Waals surface area (Å²) in [4.78, 5) is 16.8. The molecule has 1 aliphatic carbocycles. The summed E-state index contributed by atoms with van der Waals surface area (Å²) in [5, 5.41) is 10.1. The molecule has 2 aromatic rings. The van der Waals surface area contributed by atoms with Crippen molar-refractivity contribution in [3.05, 3.63) is 46.1 Å². The molecule has 2 aromatic heterocycles. The lowest BCUT2D eigenvalue weighted by Gasteiger charge is -2.30. The van der Waals surface area contributed by atoms with E-state index in [0.29, 0.717) is 29.8 Å². The molecule has 5 nitrogen and oxygen atoms in total. The molecule has 1 unspecified atom stereocenters. The van der Waals surface area contributed by atoms with Gasteiger partial charge < -0.3 is 11.5 Å². The maximum atomic E-state index is 11.5. The van der Waals surface area contributed by atoms with Gasteiger partial charge in [0.15, 0.2) is 0 Å². The molecule has 1 aliphatic rings. The van der Waals surface area contributed by atoms with Crippen LogP contribution in [0.25, 0.3) is 0 Å². The maximum absolute atomic E-state index is 11.5. The lowest BCUT2D eigenvalue weighted by atomic mass is 9.72. The van der Waals surface area contributed by atoms with E-state index in [4.69, 9.17) is 11.5 Å². The van der Waals surface area contributed by atoms with Crippen LogP contribution in [-0.2, 0) is 18.3 Å². The Morgan fingerprint density at radius 1 is 1.48 bits per heavy atom. The zero-order chi connectivity index (χ0) is 15.0. The minimum Gasteiger partial charge on any atom is -0.390 e. The van der Waals surface area contributed by atoms with Crippen molar-refractivity contribution in [3.63, 3.8) is 0 Å². The fourth-order valence-corrected chi connectivity index (χ4v) is 4.17. The monoisotopic (exact) mass is 298 g/mol. The fraction of sp³-hybridized carbons (Fsp3) is 0.267. The molecular weight excluding hydrogens is 284 g/mol. The molecule has 0 saturated heterocycles. The van der Waals surface area contributed by atoms with Crippen LogP contribution in [0.15, 0.2) is 24.4 Å². The maximum Gasteiger partial charge on any atom is 0.251 e. The van der Waals surface area contributed by atoms with Crippen molar-refractivity contribution in [1.29, 1.82) is 5.26 Å². The smallest absolute Gasteiger partial charge is 0.251 e. The van der Waals surface area contributed by atoms with Crippen LogP contribution in [-0.4, -0.2) is 10.9 Å². The molecule has 21 heavy (non-hydrogen) atoms. The van der Waals surface area contributed by atoms with Crippen molar-refractivity contribution < 1.29 is 4.79 Å². The predicted octanol–water partition coefficient (Wildman–Crippen LogP) is 1.77. The number of nitrogen functional groups attached to an aromatic ring is 1. The topological polar surface area (TPSA) is 106 Å². The number of aromatic nitrogens is 1. The second-order valence-electron chi connectivity index (χ2n) is 5.19. The number of anilines is 1. The second kappa shape index (κ2) is 4.86. The van der Waals surface area contributed by atoms with E-state index in [9.17, 15) is 10.1 Å². The zero-order valence-corrected chi connectivity index (χ0v) is 12.1. The molecule has 4 N–H and O–H groups in total. The summed E-state index contributed by atoms with van der Waals surface area (Å²) in [6.45, 7) is 0. The Morgan fingerprint density at radius 2 is 2.29 bits per heavy atom. The number of carbonyl (C=O) groups excluding carboxylic acids is 1. The van der Waals surface area contributed by atoms with Gasteiger partial charge in [0.25, 0.3) is 5.91 Å². The first-order valence-corrected chi connectivity index (χ1v) is 7.41. The molecule has 1 amide bonds. The van der Waals surface area contributed by atoms with E-state index in [-0.39, 0.29) is 0 Å². The van der Waals surface area contributed by atoms with Gasteiger partial charge in [0, 0.05) is 17.5 Å². The third kappa shape index (κ3) is 2.06. The van der Waals surface area contributed by atoms with Crippen LogP contribution in [0.1, 0.15) is 32.9 Å². The molecule has 6 heteroatoms. The normalized spacial score (nSPS) is 20.5. The van der Waals surface area contributed by atoms with Gasteiger partial charge >= 0.3 is 0 Å². The van der Waals surface area contributed by atoms with E-state index >= 15 is 0 Å². The number of thiophene rings is 1. The summed E-state index contributed by atoms with van der Waals surface area (Å²) in [5.74, 6) is -0.493. The third-order valence-corrected chi connectivity index (χ3v) is 5.06. The standard InChI is InChI=1S/C15H14N4OS/c16-8-15(11-3-1-2-6-19-11)5-4-9-10(7-15)21-14(18)12(9)13(17)20/h1-3,6H,4-5,7,18H2,(H2,17,20). The van der Waals surface area contributed by atoms with Crippen LogP contribution in [0, 0.1) is 11.3 Å². The molecule has 106 valence electrons. The first-order chi connectivity index (χ1) is 10.1. The van der Waals surface area contributed by atoms with Crippen molar-refractivity contribution in [2.24, 2.45) is 5.73 Å². The number of carbonyl (C=O) groups is 1. The van der Waals surface area contributed by atoms with E-state index in [1.54, 1.807) is 6.20 Å². The Morgan fingerprint density at radius 3 is 2.90 bits per heavy atom. The zero-order valence-electron chi connectivity index (χ0n) is 11.3. The fourth-order valence-electron chi connectivity index (χ4n) is 2.93. The number of fused-ring (bicyclic) bond motifs is 1. The number of nitrogens with two attached hydrogens (primary N) is 2. The van der Waals surface area contributed by atoms with Crippen LogP contribution in [0.3, 0.4) is 0 Å². The highest BCUT2D eigenvalue weighted by molar-refractivity contribution is 7.16. The van der Waals surface area contributed by atoms with Gasteiger partial charge in [-0.2, -0.15) is 5.26 Å². The molecule has 0 radical (unpaired) electrons. The van der Waals surface area contributed by atoms with E-state index in [0.717, 1.165) is 16.1 Å². The Labute approximate surface area is 126 Å². The Kier molecular flexibility index (Phi) is 3.15. The quantitative estimate of drug-likeness (QED) is 0.881. The Bertz CT molecular complexity index is 747. The van der Waals surface area contributed by atoms with Gasteiger partial charge in [-0.25, -0.2) is 0 Å². The van der Waals surface area contributed by atoms with Crippen LogP contribution in [0.2, 0.25) is 0 Å². The van der Waals surface area contributed by atoms with Gasteiger partial charge in [0.2, 0.25) is 0 Å². The first-order valence-electron chi connectivity index (χ1n) is 6.60. The summed E-state index contributed by atoms with van der Waals surface area (Å²) < 4.78 is 0. The molecule has 3 rings (SSSR count). The largest absolute Gasteiger partial charge is 0.390 e. The number of primary amides is 1. The minimum atomic E-state index is -0.652. The second-order valence-corrected chi connectivity index (χ2v) is 6.33. The van der Waals surface area contributed by atoms with Crippen molar-refractivity contribution in [2.75, 3.05) is 5.73 Å². The average molecular weight is 298 g/mol. The molecular formula is C15H14N4OS. The number of amides is 1. The summed E-state index contributed by atoms with van der Waals surface area (Å²) in [5.41, 5.74) is 12.8. The Hall–Kier alpha value is -2.39. The lowest BCUT2D eigenvalue weighted by molar-refractivity contribution is 0.100. The first kappa shape index (κ1) is 13.6. The number of nitriles is 1. The highest BCUT2D eigenvalue weighted by atomic mass is 32.1. The summed E-state index contributed by atoms with van der Waals surface area (Å²) in [6.07, 6.45) is 3.45. The number of hydrogen-bond acceptors (Lipinski definition) is 5. The summed E-state index contributed by atoms with van der Waals surface area (Å²) >= 11 is 1.36. The molecule has 0 aliphatic heterocycles. The van der Waals surface area contributed by atoms with Gasteiger partial charge in [-0.15, -0.1) is 11.3 Å². The van der Waals surface area contributed by atoms with Gasteiger partial charge in [-0.1, -0.05) is 6.07 Å². The van der Waals surface area contributed by atoms with Gasteiger partial charge in [-0.3, -0.25) is 9.78 Å². The minimum absolute atomic E-state index is 0.433. The Balaban J connectivity index is 2.07. The predicted molar refractivity (Wildman–Crippen MR) is 80.8 cm³/mol. The van der Waals surface area contributed by atoms with Crippen molar-refractivity contribution >= 4 is 22.2 Å². The number of nitrogens with zero attached hydrogens (tertiary/aromatic N) is 2. The van der Waals surface area contributed by atoms with Crippen molar-refractivity contribution in [1.82, 2.24) is 4.98 Å². The van der Waals surface area contributed by atoms with E-state index < -0.39 is 11.3 Å². The van der Waals surface area contributed by atoms with Gasteiger partial charge in [0.1, 0.15) is 5.41 Å². The van der Waals surface area contributed by atoms with E-state index in [2.05, 4.69) is 11.1 Å². The molecule has 0 saturated carbocycles. The van der Waals surface area contributed by atoms with Crippen molar-refractivity contribution in [2.45, 2.75) is 24.7 Å². The van der Waals surface area contributed by atoms with Crippen molar-refractivity contribution in [3.8, 4) is 6.07 Å². The van der Waals surface area contributed by atoms with Crippen LogP contribution in [0.5, 0.6) is 0 Å². The summed E-state index contributed by atoms with van der Waals surface area (Å²) in [7, 11) is 0. The molecule has 0 fully saturated rings. The number of pyridine rings is 1. The van der Waals surface area contributed by atoms with E-state index in [1.165, 1.54) is 11.3 Å². The number of hydrogen-bond donors (Lipinski definition) is 2. The highest BCUT2D eigenvalue weighted by Gasteiger charge is 2.40. The van der Waals surface area contributed by atoms with Crippen LogP contribution in [0.4, 0.5) is 5.00 Å². The van der Waals surface area contributed by atoms with Gasteiger partial charge in [0.05, 0.1) is 22.3 Å². The van der Waals surface area contributed by atoms with Crippen LogP contribution < -0.4 is 11.5 Å². The summed E-state index contributed by atoms with van der Waals surface area (Å²) in [6, 6.07) is 8.01. The SMILES string of the molecule is N#CC1(c2ccccn2)CCc2c(sc(N)c2C(N)=O)C1. The van der Waals surface area contributed by atoms with Crippen LogP contribution >= 0.6 is 11.3 Å². The van der Waals surface area contributed by atoms with Gasteiger partial charge in [-0.05, 0) is 30.5 Å². The number of rotatable bonds is 2. The highest BCUT2D eigenvalue weighted by Crippen LogP contribution is 2.43. The average Bonchev–Trinajstić information content (AvgIpc) is 2.82.